The molecule has 11 heteroatoms. The normalized spacial score (nSPS) is 11.6. The number of hydrogen-bond donors (Lipinski definition) is 1. The molecule has 0 aliphatic rings. The Bertz CT molecular complexity index is 1090. The topological polar surface area (TPSA) is 133 Å². The van der Waals surface area contributed by atoms with E-state index in [1.165, 1.54) is 36.4 Å². The largest absolute Gasteiger partial charge is 0.426 e. The maximum Gasteiger partial charge on any atom is 0.361 e. The summed E-state index contributed by atoms with van der Waals surface area (Å²) in [5.74, 6) is -1.95. The van der Waals surface area contributed by atoms with Gasteiger partial charge < -0.3 is 9.57 Å². The summed E-state index contributed by atoms with van der Waals surface area (Å²) in [7, 11) is -8.34. The molecule has 9 nitrogen and oxygen atoms in total. The lowest BCUT2D eigenvalue weighted by Crippen LogP contribution is -2.28. The molecule has 0 aromatic heterocycles. The zero-order chi connectivity index (χ0) is 20.2. The standard InChI is InChI=1S/C16H15NO8S2/c1-11(18)24-13-8-4-3-7-12(13)16(19)25-17-27(22,23)15-10-6-5-9-14(15)26(2,20)21/h3-10,17H,1-2H3. The number of benzene rings is 2. The summed E-state index contributed by atoms with van der Waals surface area (Å²) in [5, 5.41) is 0. The minimum absolute atomic E-state index is 0.120. The van der Waals surface area contributed by atoms with Crippen LogP contribution >= 0.6 is 0 Å². The molecule has 0 bridgehead atoms. The van der Waals surface area contributed by atoms with E-state index in [0.29, 0.717) is 0 Å². The summed E-state index contributed by atoms with van der Waals surface area (Å²) >= 11 is 0. The molecule has 1 N–H and O–H groups in total. The maximum absolute atomic E-state index is 12.4. The third-order valence-corrected chi connectivity index (χ3v) is 5.66. The Morgan fingerprint density at radius 2 is 1.44 bits per heavy atom. The third kappa shape index (κ3) is 5.12. The average molecular weight is 413 g/mol. The van der Waals surface area contributed by atoms with Crippen molar-refractivity contribution in [3.8, 4) is 5.75 Å². The van der Waals surface area contributed by atoms with Crippen molar-refractivity contribution >= 4 is 31.8 Å². The van der Waals surface area contributed by atoms with Gasteiger partial charge in [0.15, 0.2) is 9.84 Å². The molecule has 144 valence electrons. The molecule has 2 aromatic rings. The molecule has 0 heterocycles. The Hall–Kier alpha value is -2.76. The van der Waals surface area contributed by atoms with Crippen LogP contribution in [0.4, 0.5) is 0 Å². The van der Waals surface area contributed by atoms with Crippen LogP contribution in [0.2, 0.25) is 0 Å². The van der Waals surface area contributed by atoms with Crippen LogP contribution in [0.25, 0.3) is 0 Å². The van der Waals surface area contributed by atoms with Gasteiger partial charge >= 0.3 is 11.9 Å². The van der Waals surface area contributed by atoms with Gasteiger partial charge in [0.1, 0.15) is 16.2 Å². The predicted octanol–water partition coefficient (Wildman–Crippen LogP) is 1.07. The fourth-order valence-corrected chi connectivity index (χ4v) is 4.46. The van der Waals surface area contributed by atoms with E-state index < -0.39 is 41.6 Å². The monoisotopic (exact) mass is 413 g/mol. The van der Waals surface area contributed by atoms with Crippen LogP contribution in [-0.2, 0) is 29.5 Å². The molecule has 0 atom stereocenters. The highest BCUT2D eigenvalue weighted by Gasteiger charge is 2.25. The Kier molecular flexibility index (Phi) is 5.98. The minimum Gasteiger partial charge on any atom is -0.426 e. The molecule has 0 saturated heterocycles. The Balaban J connectivity index is 2.27. The molecule has 0 aliphatic carbocycles. The molecule has 27 heavy (non-hydrogen) atoms. The van der Waals surface area contributed by atoms with Crippen LogP contribution in [0.5, 0.6) is 5.75 Å². The Morgan fingerprint density at radius 1 is 0.889 bits per heavy atom. The number of hydrogen-bond acceptors (Lipinski definition) is 8. The summed E-state index contributed by atoms with van der Waals surface area (Å²) in [6.45, 7) is 1.13. The molecule has 0 saturated carbocycles. The summed E-state index contributed by atoms with van der Waals surface area (Å²) < 4.78 is 53.1. The Morgan fingerprint density at radius 3 is 2.04 bits per heavy atom. The van der Waals surface area contributed by atoms with E-state index in [9.17, 15) is 26.4 Å². The number of ether oxygens (including phenoxy) is 1. The van der Waals surface area contributed by atoms with Gasteiger partial charge in [-0.05, 0) is 29.2 Å². The number of sulfonamides is 1. The molecule has 0 aliphatic heterocycles. The second-order valence-corrected chi connectivity index (χ2v) is 8.88. The highest BCUT2D eigenvalue weighted by molar-refractivity contribution is 7.93. The van der Waals surface area contributed by atoms with Gasteiger partial charge in [-0.1, -0.05) is 24.3 Å². The zero-order valence-corrected chi connectivity index (χ0v) is 15.8. The first-order valence-electron chi connectivity index (χ1n) is 7.32. The van der Waals surface area contributed by atoms with Crippen molar-refractivity contribution in [3.05, 3.63) is 54.1 Å². The van der Waals surface area contributed by atoms with Gasteiger partial charge in [-0.2, -0.15) is 0 Å². The first-order chi connectivity index (χ1) is 12.5. The van der Waals surface area contributed by atoms with Crippen molar-refractivity contribution in [2.24, 2.45) is 0 Å². The van der Waals surface area contributed by atoms with Gasteiger partial charge in [0.05, 0.1) is 4.90 Å². The van der Waals surface area contributed by atoms with Crippen LogP contribution in [0.3, 0.4) is 0 Å². The van der Waals surface area contributed by atoms with Crippen LogP contribution in [0, 0.1) is 0 Å². The SMILES string of the molecule is CC(=O)Oc1ccccc1C(=O)ONS(=O)(=O)c1ccccc1S(C)(=O)=O. The van der Waals surface area contributed by atoms with Crippen LogP contribution in [-0.4, -0.2) is 35.0 Å². The van der Waals surface area contributed by atoms with E-state index in [1.54, 1.807) is 4.89 Å². The fourth-order valence-electron chi connectivity index (χ4n) is 2.05. The van der Waals surface area contributed by atoms with Crippen molar-refractivity contribution in [1.82, 2.24) is 4.89 Å². The first kappa shape index (κ1) is 20.6. The highest BCUT2D eigenvalue weighted by atomic mass is 32.2. The van der Waals surface area contributed by atoms with Crippen molar-refractivity contribution in [2.45, 2.75) is 16.7 Å². The number of esters is 1. The molecular weight excluding hydrogens is 398 g/mol. The zero-order valence-electron chi connectivity index (χ0n) is 14.2. The van der Waals surface area contributed by atoms with E-state index in [0.717, 1.165) is 25.3 Å². The van der Waals surface area contributed by atoms with Crippen molar-refractivity contribution < 1.29 is 36.0 Å². The summed E-state index contributed by atoms with van der Waals surface area (Å²) in [6, 6.07) is 10.4. The molecule has 2 rings (SSSR count). The molecular formula is C16H15NO8S2. The van der Waals surface area contributed by atoms with Crippen molar-refractivity contribution in [3.63, 3.8) is 0 Å². The fraction of sp³-hybridized carbons (Fsp3) is 0.125. The number of rotatable bonds is 6. The van der Waals surface area contributed by atoms with Gasteiger partial charge in [-0.15, -0.1) is 0 Å². The Labute approximate surface area is 155 Å². The highest BCUT2D eigenvalue weighted by Crippen LogP contribution is 2.22. The lowest BCUT2D eigenvalue weighted by molar-refractivity contribution is -0.131. The molecule has 2 aromatic carbocycles. The van der Waals surface area contributed by atoms with E-state index in [4.69, 9.17) is 4.74 Å². The van der Waals surface area contributed by atoms with Crippen LogP contribution in [0.15, 0.2) is 58.3 Å². The van der Waals surface area contributed by atoms with Crippen molar-refractivity contribution in [1.29, 1.82) is 0 Å². The van der Waals surface area contributed by atoms with Gasteiger partial charge in [0.2, 0.25) is 0 Å². The van der Waals surface area contributed by atoms with E-state index >= 15 is 0 Å². The van der Waals surface area contributed by atoms with E-state index in [2.05, 4.69) is 4.84 Å². The van der Waals surface area contributed by atoms with Crippen molar-refractivity contribution in [2.75, 3.05) is 6.26 Å². The van der Waals surface area contributed by atoms with E-state index in [1.807, 2.05) is 0 Å². The van der Waals surface area contributed by atoms with Gasteiger partial charge in [0.25, 0.3) is 10.0 Å². The minimum atomic E-state index is -4.49. The van der Waals surface area contributed by atoms with Gasteiger partial charge in [-0.3, -0.25) is 4.79 Å². The number of carbonyl (C=O) groups excluding carboxylic acids is 2. The molecule has 0 amide bonds. The number of sulfone groups is 1. The third-order valence-electron chi connectivity index (χ3n) is 3.14. The number of para-hydroxylation sites is 1. The van der Waals surface area contributed by atoms with Crippen LogP contribution in [0.1, 0.15) is 17.3 Å². The molecule has 0 fully saturated rings. The number of nitrogens with one attached hydrogen (secondary N) is 1. The summed E-state index contributed by atoms with van der Waals surface area (Å²) in [5.41, 5.74) is -0.202. The lowest BCUT2D eigenvalue weighted by atomic mass is 10.2. The smallest absolute Gasteiger partial charge is 0.361 e. The predicted molar refractivity (Wildman–Crippen MR) is 93.0 cm³/mol. The molecule has 0 spiro atoms. The number of carbonyl (C=O) groups is 2. The lowest BCUT2D eigenvalue weighted by Gasteiger charge is -2.11. The first-order valence-corrected chi connectivity index (χ1v) is 10.7. The maximum atomic E-state index is 12.4. The van der Waals surface area contributed by atoms with Gasteiger partial charge in [-0.25, -0.2) is 21.6 Å². The quantitative estimate of drug-likeness (QED) is 0.422. The summed E-state index contributed by atoms with van der Waals surface area (Å²) in [4.78, 5) is 28.4. The van der Waals surface area contributed by atoms with E-state index in [-0.39, 0.29) is 11.3 Å². The molecule has 0 radical (unpaired) electrons. The molecule has 0 unspecified atom stereocenters. The average Bonchev–Trinajstić information content (AvgIpc) is 2.59. The second kappa shape index (κ2) is 7.86. The second-order valence-electron chi connectivity index (χ2n) is 5.28. The summed E-state index contributed by atoms with van der Waals surface area (Å²) in [6.07, 6.45) is 0.850. The van der Waals surface area contributed by atoms with Gasteiger partial charge in [0, 0.05) is 13.2 Å². The van der Waals surface area contributed by atoms with Crippen LogP contribution < -0.4 is 9.62 Å².